The lowest BCUT2D eigenvalue weighted by atomic mass is 10.0. The van der Waals surface area contributed by atoms with Crippen LogP contribution in [0.1, 0.15) is 51.5 Å². The zero-order valence-corrected chi connectivity index (χ0v) is 23.1. The maximum Gasteiger partial charge on any atom is 0.264 e. The summed E-state index contributed by atoms with van der Waals surface area (Å²) in [5.41, 5.74) is 4.80. The van der Waals surface area contributed by atoms with Crippen LogP contribution in [0.25, 0.3) is 22.1 Å². The highest BCUT2D eigenvalue weighted by atomic mass is 16.2. The van der Waals surface area contributed by atoms with Gasteiger partial charge in [0.15, 0.2) is 5.65 Å². The number of aryl methyl sites for hydroxylation is 3. The summed E-state index contributed by atoms with van der Waals surface area (Å²) in [4.78, 5) is 32.1. The van der Waals surface area contributed by atoms with Gasteiger partial charge in [0.25, 0.3) is 11.5 Å². The first-order valence-electron chi connectivity index (χ1n) is 13.2. The molecule has 0 radical (unpaired) electrons. The Balaban J connectivity index is 1.48. The molecule has 1 N–H and O–H groups in total. The quantitative estimate of drug-likeness (QED) is 0.336. The SMILES string of the molecule is Cc1nn(C)cc1C#Cc1cccc2cc(C(C)NC(=O)c3c(C)nn4cccnc34)n(-c3ccccc3)c(=O)c12. The van der Waals surface area contributed by atoms with Gasteiger partial charge in [0.05, 0.1) is 28.4 Å². The lowest BCUT2D eigenvalue weighted by Crippen LogP contribution is -2.32. The zero-order chi connectivity index (χ0) is 28.7. The van der Waals surface area contributed by atoms with Gasteiger partial charge in [0.1, 0.15) is 5.56 Å². The van der Waals surface area contributed by atoms with Crippen molar-refractivity contribution in [3.8, 4) is 17.5 Å². The van der Waals surface area contributed by atoms with Crippen LogP contribution in [-0.2, 0) is 7.05 Å². The normalized spacial score (nSPS) is 11.8. The summed E-state index contributed by atoms with van der Waals surface area (Å²) in [7, 11) is 1.85. The molecule has 4 heterocycles. The third-order valence-corrected chi connectivity index (χ3v) is 7.02. The highest BCUT2D eigenvalue weighted by Crippen LogP contribution is 2.24. The fraction of sp³-hybridized carbons (Fsp3) is 0.156. The maximum absolute atomic E-state index is 14.2. The number of hydrogen-bond acceptors (Lipinski definition) is 5. The molecule has 9 nitrogen and oxygen atoms in total. The Morgan fingerprint density at radius 3 is 2.49 bits per heavy atom. The van der Waals surface area contributed by atoms with Gasteiger partial charge in [-0.3, -0.25) is 18.8 Å². The van der Waals surface area contributed by atoms with E-state index in [-0.39, 0.29) is 11.5 Å². The highest BCUT2D eigenvalue weighted by molar-refractivity contribution is 6.01. The Hall–Kier alpha value is -5.49. The number of para-hydroxylation sites is 1. The lowest BCUT2D eigenvalue weighted by molar-refractivity contribution is 0.0939. The molecule has 0 bridgehead atoms. The highest BCUT2D eigenvalue weighted by Gasteiger charge is 2.23. The minimum atomic E-state index is -0.523. The summed E-state index contributed by atoms with van der Waals surface area (Å²) in [6, 6.07) is 18.2. The van der Waals surface area contributed by atoms with Crippen molar-refractivity contribution in [1.29, 1.82) is 0 Å². The van der Waals surface area contributed by atoms with E-state index in [4.69, 9.17) is 0 Å². The van der Waals surface area contributed by atoms with Crippen LogP contribution in [0.5, 0.6) is 0 Å². The Morgan fingerprint density at radius 1 is 0.951 bits per heavy atom. The molecule has 6 rings (SSSR count). The number of benzene rings is 2. The predicted octanol–water partition coefficient (Wildman–Crippen LogP) is 4.27. The lowest BCUT2D eigenvalue weighted by Gasteiger charge is -2.21. The van der Waals surface area contributed by atoms with Gasteiger partial charge in [-0.05, 0) is 56.5 Å². The number of pyridine rings is 1. The number of rotatable bonds is 4. The minimum absolute atomic E-state index is 0.216. The van der Waals surface area contributed by atoms with Crippen LogP contribution in [0.2, 0.25) is 0 Å². The first-order chi connectivity index (χ1) is 19.8. The largest absolute Gasteiger partial charge is 0.344 e. The van der Waals surface area contributed by atoms with Gasteiger partial charge in [-0.15, -0.1) is 0 Å². The molecule has 9 heteroatoms. The number of aromatic nitrogens is 6. The third-order valence-electron chi connectivity index (χ3n) is 7.02. The van der Waals surface area contributed by atoms with E-state index < -0.39 is 6.04 Å². The molecular formula is C32H27N7O2. The van der Waals surface area contributed by atoms with E-state index in [1.54, 1.807) is 39.1 Å². The van der Waals surface area contributed by atoms with E-state index in [0.29, 0.717) is 39.2 Å². The van der Waals surface area contributed by atoms with Crippen LogP contribution in [-0.4, -0.2) is 34.9 Å². The number of carbonyl (C=O) groups excluding carboxylic acids is 1. The molecule has 0 aliphatic carbocycles. The maximum atomic E-state index is 14.2. The number of fused-ring (bicyclic) bond motifs is 2. The van der Waals surface area contributed by atoms with E-state index in [2.05, 4.69) is 32.3 Å². The summed E-state index contributed by atoms with van der Waals surface area (Å²) < 4.78 is 4.95. The fourth-order valence-electron chi connectivity index (χ4n) is 5.11. The number of hydrogen-bond donors (Lipinski definition) is 1. The second-order valence-electron chi connectivity index (χ2n) is 9.91. The molecule has 0 saturated heterocycles. The van der Waals surface area contributed by atoms with Gasteiger partial charge in [0.2, 0.25) is 0 Å². The second-order valence-corrected chi connectivity index (χ2v) is 9.91. The molecule has 2 aromatic carbocycles. The molecule has 41 heavy (non-hydrogen) atoms. The van der Waals surface area contributed by atoms with Gasteiger partial charge in [-0.25, -0.2) is 9.50 Å². The van der Waals surface area contributed by atoms with Crippen LogP contribution in [0.3, 0.4) is 0 Å². The van der Waals surface area contributed by atoms with Crippen molar-refractivity contribution in [2.45, 2.75) is 26.8 Å². The summed E-state index contributed by atoms with van der Waals surface area (Å²) in [6.45, 7) is 5.54. The van der Waals surface area contributed by atoms with Crippen molar-refractivity contribution < 1.29 is 4.79 Å². The average molecular weight is 542 g/mol. The molecule has 202 valence electrons. The van der Waals surface area contributed by atoms with Crippen LogP contribution >= 0.6 is 0 Å². The van der Waals surface area contributed by atoms with Crippen molar-refractivity contribution in [2.24, 2.45) is 7.05 Å². The van der Waals surface area contributed by atoms with E-state index in [9.17, 15) is 9.59 Å². The number of nitrogens with zero attached hydrogens (tertiary/aromatic N) is 6. The monoisotopic (exact) mass is 541 g/mol. The molecular weight excluding hydrogens is 514 g/mol. The Bertz CT molecular complexity index is 2070. The van der Waals surface area contributed by atoms with Gasteiger partial charge in [-0.2, -0.15) is 10.2 Å². The summed E-state index contributed by atoms with van der Waals surface area (Å²) >= 11 is 0. The van der Waals surface area contributed by atoms with Crippen molar-refractivity contribution >= 4 is 22.3 Å². The molecule has 0 spiro atoms. The Kier molecular flexibility index (Phi) is 6.44. The molecule has 0 aliphatic heterocycles. The topological polar surface area (TPSA) is 99.1 Å². The van der Waals surface area contributed by atoms with Crippen molar-refractivity contribution in [3.63, 3.8) is 0 Å². The first-order valence-corrected chi connectivity index (χ1v) is 13.2. The van der Waals surface area contributed by atoms with Gasteiger partial charge >= 0.3 is 0 Å². The van der Waals surface area contributed by atoms with Crippen LogP contribution < -0.4 is 10.9 Å². The average Bonchev–Trinajstić information content (AvgIpc) is 3.48. The van der Waals surface area contributed by atoms with E-state index in [1.165, 1.54) is 0 Å². The standard InChI is InChI=1S/C32H27N7O2/c1-20-25(19-37(4)35-20)15-14-23-10-8-11-24-18-27(39(32(41)29(23)24)26-12-6-5-7-13-26)21(2)34-31(40)28-22(3)36-38-17-9-16-33-30(28)38/h5-13,16-19,21H,1-4H3,(H,34,40). The molecule has 1 amide bonds. The summed E-state index contributed by atoms with van der Waals surface area (Å²) in [5, 5.41) is 13.1. The van der Waals surface area contributed by atoms with Crippen LogP contribution in [0.4, 0.5) is 0 Å². The van der Waals surface area contributed by atoms with Gasteiger partial charge in [-0.1, -0.05) is 42.2 Å². The summed E-state index contributed by atoms with van der Waals surface area (Å²) in [5.74, 6) is 6.06. The fourth-order valence-corrected chi connectivity index (χ4v) is 5.11. The third kappa shape index (κ3) is 4.66. The zero-order valence-electron chi connectivity index (χ0n) is 23.1. The second kappa shape index (κ2) is 10.2. The van der Waals surface area contributed by atoms with Gasteiger partial charge in [0, 0.05) is 42.6 Å². The summed E-state index contributed by atoms with van der Waals surface area (Å²) in [6.07, 6.45) is 5.24. The number of carbonyl (C=O) groups is 1. The van der Waals surface area contributed by atoms with Gasteiger partial charge < -0.3 is 5.32 Å². The van der Waals surface area contributed by atoms with Crippen LogP contribution in [0.15, 0.2) is 84.0 Å². The Morgan fingerprint density at radius 2 is 1.73 bits per heavy atom. The van der Waals surface area contributed by atoms with E-state index in [1.807, 2.05) is 81.7 Å². The first kappa shape index (κ1) is 25.8. The van der Waals surface area contributed by atoms with Crippen molar-refractivity contribution in [1.82, 2.24) is 34.3 Å². The molecule has 0 fully saturated rings. The molecule has 0 saturated carbocycles. The number of amides is 1. The molecule has 1 atom stereocenters. The molecule has 4 aromatic heterocycles. The van der Waals surface area contributed by atoms with Crippen molar-refractivity contribution in [2.75, 3.05) is 0 Å². The van der Waals surface area contributed by atoms with E-state index in [0.717, 1.165) is 16.6 Å². The molecule has 0 aliphatic rings. The molecule has 1 unspecified atom stereocenters. The Labute approximate surface area is 236 Å². The van der Waals surface area contributed by atoms with E-state index >= 15 is 0 Å². The van der Waals surface area contributed by atoms with Crippen LogP contribution in [0, 0.1) is 25.7 Å². The number of nitrogens with one attached hydrogen (secondary N) is 1. The molecule has 6 aromatic rings. The predicted molar refractivity (Wildman–Crippen MR) is 157 cm³/mol. The smallest absolute Gasteiger partial charge is 0.264 e. The van der Waals surface area contributed by atoms with Crippen molar-refractivity contribution in [3.05, 3.63) is 123 Å². The minimum Gasteiger partial charge on any atom is -0.344 e.